The van der Waals surface area contributed by atoms with E-state index in [9.17, 15) is 23.8 Å². The predicted molar refractivity (Wildman–Crippen MR) is 56.5 cm³/mol. The lowest BCUT2D eigenvalue weighted by atomic mass is 10.0. The van der Waals surface area contributed by atoms with Crippen molar-refractivity contribution in [1.82, 2.24) is 0 Å². The lowest BCUT2D eigenvalue weighted by molar-refractivity contribution is 0.0318. The molecule has 1 rings (SSSR count). The average molecular weight is 295 g/mol. The molecule has 0 radical (unpaired) electrons. The van der Waals surface area contributed by atoms with Crippen molar-refractivity contribution in [2.24, 2.45) is 0 Å². The van der Waals surface area contributed by atoms with E-state index >= 15 is 0 Å². The summed E-state index contributed by atoms with van der Waals surface area (Å²) >= 11 is 2.91. The van der Waals surface area contributed by atoms with Crippen LogP contribution < -0.4 is 0 Å². The molecule has 2 N–H and O–H groups in total. The first-order valence-electron chi connectivity index (χ1n) is 4.38. The number of carbonyl (C=O) groups excluding carboxylic acids is 1. The summed E-state index contributed by atoms with van der Waals surface area (Å²) in [6.45, 7) is 0. The lowest BCUT2D eigenvalue weighted by Gasteiger charge is -2.17. The van der Waals surface area contributed by atoms with E-state index in [1.807, 2.05) is 0 Å². The van der Waals surface area contributed by atoms with E-state index in [2.05, 4.69) is 15.9 Å². The predicted octanol–water partition coefficient (Wildman–Crippen LogP) is 1.57. The van der Waals surface area contributed by atoms with Crippen LogP contribution in [0.15, 0.2) is 12.1 Å². The minimum absolute atomic E-state index is 0.0292. The van der Waals surface area contributed by atoms with Crippen molar-refractivity contribution in [3.05, 3.63) is 34.9 Å². The maximum Gasteiger partial charge on any atom is 0.155 e. The first-order chi connectivity index (χ1) is 7.52. The van der Waals surface area contributed by atoms with E-state index in [0.717, 1.165) is 12.1 Å². The molecule has 2 unspecified atom stereocenters. The van der Waals surface area contributed by atoms with E-state index in [0.29, 0.717) is 0 Å². The Morgan fingerprint density at radius 1 is 1.38 bits per heavy atom. The quantitative estimate of drug-likeness (QED) is 0.655. The molecule has 0 aliphatic rings. The molecule has 0 saturated heterocycles. The topological polar surface area (TPSA) is 57.5 Å². The molecule has 88 valence electrons. The molecule has 1 aromatic rings. The Hall–Kier alpha value is -0.850. The normalized spacial score (nSPS) is 14.6. The van der Waals surface area contributed by atoms with Crippen LogP contribution in [0.1, 0.15) is 22.0 Å². The fourth-order valence-corrected chi connectivity index (χ4v) is 1.57. The largest absolute Gasteiger partial charge is 0.389 e. The molecule has 6 heteroatoms. The van der Waals surface area contributed by atoms with Crippen molar-refractivity contribution in [1.29, 1.82) is 0 Å². The summed E-state index contributed by atoms with van der Waals surface area (Å²) in [7, 11) is 0. The molecule has 0 fully saturated rings. The monoisotopic (exact) mass is 294 g/mol. The van der Waals surface area contributed by atoms with E-state index in [-0.39, 0.29) is 17.2 Å². The Bertz CT molecular complexity index is 398. The van der Waals surface area contributed by atoms with Gasteiger partial charge in [0.25, 0.3) is 0 Å². The number of rotatable bonds is 4. The molecular weight excluding hydrogens is 286 g/mol. The van der Waals surface area contributed by atoms with E-state index in [1.54, 1.807) is 0 Å². The zero-order chi connectivity index (χ0) is 12.3. The van der Waals surface area contributed by atoms with Gasteiger partial charge in [-0.1, -0.05) is 22.0 Å². The minimum atomic E-state index is -1.52. The summed E-state index contributed by atoms with van der Waals surface area (Å²) in [5, 5.41) is 18.8. The number of alkyl halides is 1. The van der Waals surface area contributed by atoms with Crippen molar-refractivity contribution in [2.45, 2.75) is 12.2 Å². The number of benzene rings is 1. The van der Waals surface area contributed by atoms with Crippen molar-refractivity contribution in [3.8, 4) is 0 Å². The first-order valence-corrected chi connectivity index (χ1v) is 5.50. The lowest BCUT2D eigenvalue weighted by Crippen LogP contribution is -2.21. The molecular formula is C10H9BrF2O3. The molecule has 0 aliphatic heterocycles. The standard InChI is InChI=1S/C10H9BrF2O3/c11-3-8(15)10(16)5-1-2-7(12)6(4-14)9(5)13/h1-2,4,8,10,15-16H,3H2. The van der Waals surface area contributed by atoms with Crippen LogP contribution in [0.4, 0.5) is 8.78 Å². The number of halogens is 3. The third kappa shape index (κ3) is 2.45. The van der Waals surface area contributed by atoms with Crippen LogP contribution in [0, 0.1) is 11.6 Å². The zero-order valence-electron chi connectivity index (χ0n) is 8.03. The zero-order valence-corrected chi connectivity index (χ0v) is 9.62. The average Bonchev–Trinajstić information content (AvgIpc) is 2.28. The summed E-state index contributed by atoms with van der Waals surface area (Å²) in [6.07, 6.45) is -2.72. The Morgan fingerprint density at radius 2 is 2.00 bits per heavy atom. The smallest absolute Gasteiger partial charge is 0.155 e. The van der Waals surface area contributed by atoms with Gasteiger partial charge >= 0.3 is 0 Å². The highest BCUT2D eigenvalue weighted by molar-refractivity contribution is 9.09. The van der Waals surface area contributed by atoms with Gasteiger partial charge in [0.2, 0.25) is 0 Å². The second-order valence-corrected chi connectivity index (χ2v) is 3.80. The van der Waals surface area contributed by atoms with Gasteiger partial charge in [-0.2, -0.15) is 0 Å². The maximum atomic E-state index is 13.5. The van der Waals surface area contributed by atoms with Crippen LogP contribution in [0.2, 0.25) is 0 Å². The minimum Gasteiger partial charge on any atom is -0.389 e. The molecule has 0 bridgehead atoms. The van der Waals surface area contributed by atoms with Crippen LogP contribution >= 0.6 is 15.9 Å². The van der Waals surface area contributed by atoms with Gasteiger partial charge in [0.05, 0.1) is 11.7 Å². The van der Waals surface area contributed by atoms with Crippen molar-refractivity contribution >= 4 is 22.2 Å². The van der Waals surface area contributed by atoms with E-state index < -0.39 is 29.4 Å². The highest BCUT2D eigenvalue weighted by Gasteiger charge is 2.23. The first kappa shape index (κ1) is 13.2. The van der Waals surface area contributed by atoms with E-state index in [1.165, 1.54) is 0 Å². The van der Waals surface area contributed by atoms with Crippen molar-refractivity contribution in [2.75, 3.05) is 5.33 Å². The molecule has 0 aromatic heterocycles. The number of aliphatic hydroxyl groups is 2. The molecule has 0 heterocycles. The van der Waals surface area contributed by atoms with Gasteiger partial charge in [0.15, 0.2) is 6.29 Å². The molecule has 1 aromatic carbocycles. The van der Waals surface area contributed by atoms with Crippen LogP contribution in [0.5, 0.6) is 0 Å². The summed E-state index contributed by atoms with van der Waals surface area (Å²) in [6, 6.07) is 1.86. The van der Waals surface area contributed by atoms with Crippen LogP contribution in [0.25, 0.3) is 0 Å². The van der Waals surface area contributed by atoms with Gasteiger partial charge in [-0.05, 0) is 6.07 Å². The van der Waals surface area contributed by atoms with Crippen LogP contribution in [0.3, 0.4) is 0 Å². The summed E-state index contributed by atoms with van der Waals surface area (Å²) < 4.78 is 26.5. The second kappa shape index (κ2) is 5.47. The van der Waals surface area contributed by atoms with Crippen LogP contribution in [-0.2, 0) is 0 Å². The summed E-state index contributed by atoms with van der Waals surface area (Å²) in [5.74, 6) is -2.15. The Labute approximate surface area is 98.8 Å². The number of aliphatic hydroxyl groups excluding tert-OH is 2. The molecule has 0 spiro atoms. The number of hydrogen-bond acceptors (Lipinski definition) is 3. The molecule has 0 aliphatic carbocycles. The highest BCUT2D eigenvalue weighted by Crippen LogP contribution is 2.24. The van der Waals surface area contributed by atoms with Crippen molar-refractivity contribution in [3.63, 3.8) is 0 Å². The van der Waals surface area contributed by atoms with Gasteiger partial charge in [-0.3, -0.25) is 4.79 Å². The third-order valence-electron chi connectivity index (χ3n) is 2.12. The Balaban J connectivity index is 3.20. The third-order valence-corrected chi connectivity index (χ3v) is 2.78. The highest BCUT2D eigenvalue weighted by atomic mass is 79.9. The number of carbonyl (C=O) groups is 1. The van der Waals surface area contributed by atoms with Gasteiger partial charge < -0.3 is 10.2 Å². The molecule has 3 nitrogen and oxygen atoms in total. The number of aldehydes is 1. The molecule has 16 heavy (non-hydrogen) atoms. The Morgan fingerprint density at radius 3 is 2.50 bits per heavy atom. The Kier molecular flexibility index (Phi) is 4.52. The van der Waals surface area contributed by atoms with Gasteiger partial charge in [0, 0.05) is 10.9 Å². The maximum absolute atomic E-state index is 13.5. The fraction of sp³-hybridized carbons (Fsp3) is 0.300. The molecule has 0 saturated carbocycles. The summed E-state index contributed by atoms with van der Waals surface area (Å²) in [4.78, 5) is 10.4. The summed E-state index contributed by atoms with van der Waals surface area (Å²) in [5.41, 5.74) is -1.06. The molecule has 0 amide bonds. The fourth-order valence-electron chi connectivity index (χ4n) is 1.21. The van der Waals surface area contributed by atoms with Crippen LogP contribution in [-0.4, -0.2) is 27.9 Å². The SMILES string of the molecule is O=Cc1c(F)ccc(C(O)C(O)CBr)c1F. The van der Waals surface area contributed by atoms with E-state index in [4.69, 9.17) is 0 Å². The second-order valence-electron chi connectivity index (χ2n) is 3.15. The van der Waals surface area contributed by atoms with Gasteiger partial charge in [-0.15, -0.1) is 0 Å². The van der Waals surface area contributed by atoms with Crippen molar-refractivity contribution < 1.29 is 23.8 Å². The number of hydrogen-bond donors (Lipinski definition) is 2. The molecule has 2 atom stereocenters. The van der Waals surface area contributed by atoms with Gasteiger partial charge in [-0.25, -0.2) is 8.78 Å². The van der Waals surface area contributed by atoms with Gasteiger partial charge in [0.1, 0.15) is 17.7 Å².